The van der Waals surface area contributed by atoms with Gasteiger partial charge in [-0.15, -0.1) is 0 Å². The van der Waals surface area contributed by atoms with Gasteiger partial charge in [-0.05, 0) is 142 Å². The van der Waals surface area contributed by atoms with Crippen molar-refractivity contribution in [2.45, 2.75) is 0 Å². The summed E-state index contributed by atoms with van der Waals surface area (Å²) in [6.07, 6.45) is 4.15. The van der Waals surface area contributed by atoms with Gasteiger partial charge < -0.3 is 20.2 Å². The normalized spacial score (nSPS) is 11.5. The number of nitrogens with one attached hydrogen (secondary N) is 3. The number of para-hydroxylation sites is 3. The first-order valence-electron chi connectivity index (χ1n) is 20.9. The number of anilines is 3. The summed E-state index contributed by atoms with van der Waals surface area (Å²) in [5, 5.41) is 47.3. The average Bonchev–Trinajstić information content (AvgIpc) is 3.35. The zero-order valence-corrected chi connectivity index (χ0v) is 35.4. The molecule has 326 valence electrons. The number of phenolic OH excluding ortho intramolecular Hbond substituents is 3. The maximum absolute atomic E-state index is 13.1. The molecule has 6 N–H and O–H groups in total. The molecule has 0 radical (unpaired) electrons. The molecule has 0 heterocycles. The van der Waals surface area contributed by atoms with Crippen LogP contribution in [0.3, 0.4) is 0 Å². The maximum atomic E-state index is 13.1. The number of nitrogens with zero attached hydrogens (tertiary/aromatic N) is 4. The van der Waals surface area contributed by atoms with Gasteiger partial charge in [-0.25, -0.2) is 16.3 Å². The van der Waals surface area contributed by atoms with Crippen molar-refractivity contribution in [3.63, 3.8) is 0 Å². The van der Waals surface area contributed by atoms with Crippen molar-refractivity contribution in [2.24, 2.45) is 15.3 Å². The van der Waals surface area contributed by atoms with Gasteiger partial charge in [0.15, 0.2) is 0 Å². The first-order valence-corrected chi connectivity index (χ1v) is 20.9. The van der Waals surface area contributed by atoms with E-state index in [0.717, 1.165) is 49.4 Å². The third kappa shape index (κ3) is 9.66. The van der Waals surface area contributed by atoms with Gasteiger partial charge in [-0.3, -0.25) is 14.4 Å². The first-order chi connectivity index (χ1) is 32.7. The highest BCUT2D eigenvalue weighted by Crippen LogP contribution is 2.39. The molecule has 9 rings (SSSR count). The lowest BCUT2D eigenvalue weighted by molar-refractivity contribution is 0.0947. The lowest BCUT2D eigenvalue weighted by Gasteiger charge is -2.26. The molecular formula is C54H39N7O6. The van der Waals surface area contributed by atoms with Crippen LogP contribution in [0.15, 0.2) is 197 Å². The molecule has 9 aromatic rings. The molecule has 0 aliphatic heterocycles. The van der Waals surface area contributed by atoms with Crippen LogP contribution in [0.1, 0.15) is 47.8 Å². The quantitative estimate of drug-likeness (QED) is 0.0520. The standard InChI is InChI=1S/C54H39N7O6/c62-49-10-4-1-7-43(49)31-55-58-52(65)40-16-13-37-28-46(22-19-34(37)25-40)61(47-23-20-35-26-41(17-14-38(35)29-47)53(66)59-56-32-44-8-2-5-11-50(44)63)48-24-21-36-27-42(18-15-39(36)30-48)54(67)60-57-33-45-9-3-6-12-51(45)64/h1-33,62-64H,(H,58,65)(H,59,66)(H,60,67)/b55-31+,56-32+,57-33+. The lowest BCUT2D eigenvalue weighted by atomic mass is 10.0. The minimum absolute atomic E-state index is 0.0507. The van der Waals surface area contributed by atoms with Crippen LogP contribution in [-0.2, 0) is 0 Å². The van der Waals surface area contributed by atoms with E-state index in [-0.39, 0.29) is 17.2 Å². The predicted octanol–water partition coefficient (Wildman–Crippen LogP) is 10.0. The predicted molar refractivity (Wildman–Crippen MR) is 263 cm³/mol. The van der Waals surface area contributed by atoms with Crippen LogP contribution in [0.5, 0.6) is 17.2 Å². The van der Waals surface area contributed by atoms with Crippen molar-refractivity contribution in [3.8, 4) is 17.2 Å². The molecule has 3 amide bonds. The van der Waals surface area contributed by atoms with E-state index in [1.165, 1.54) is 36.8 Å². The molecule has 0 aliphatic rings. The minimum atomic E-state index is -0.409. The zero-order valence-electron chi connectivity index (χ0n) is 35.4. The molecule has 0 atom stereocenters. The molecular weight excluding hydrogens is 843 g/mol. The summed E-state index contributed by atoms with van der Waals surface area (Å²) in [7, 11) is 0. The molecule has 0 aliphatic carbocycles. The van der Waals surface area contributed by atoms with Crippen molar-refractivity contribution >= 4 is 85.7 Å². The second-order valence-corrected chi connectivity index (χ2v) is 15.3. The smallest absolute Gasteiger partial charge is 0.271 e. The lowest BCUT2D eigenvalue weighted by Crippen LogP contribution is -2.17. The molecule has 13 heteroatoms. The fourth-order valence-corrected chi connectivity index (χ4v) is 7.45. The van der Waals surface area contributed by atoms with Gasteiger partial charge in [-0.2, -0.15) is 15.3 Å². The Bertz CT molecular complexity index is 3110. The van der Waals surface area contributed by atoms with E-state index >= 15 is 0 Å². The third-order valence-electron chi connectivity index (χ3n) is 11.0. The number of fused-ring (bicyclic) bond motifs is 3. The Balaban J connectivity index is 1.01. The highest BCUT2D eigenvalue weighted by Gasteiger charge is 2.17. The Morgan fingerprint density at radius 1 is 0.358 bits per heavy atom. The number of carbonyl (C=O) groups excluding carboxylic acids is 3. The maximum Gasteiger partial charge on any atom is 0.271 e. The average molecular weight is 882 g/mol. The van der Waals surface area contributed by atoms with Crippen LogP contribution in [0.2, 0.25) is 0 Å². The van der Waals surface area contributed by atoms with Crippen molar-refractivity contribution in [2.75, 3.05) is 4.90 Å². The van der Waals surface area contributed by atoms with Crippen molar-refractivity contribution in [1.29, 1.82) is 0 Å². The molecule has 0 spiro atoms. The molecule has 0 saturated heterocycles. The number of carbonyl (C=O) groups is 3. The van der Waals surface area contributed by atoms with Crippen molar-refractivity contribution in [1.82, 2.24) is 16.3 Å². The van der Waals surface area contributed by atoms with Crippen LogP contribution in [0.4, 0.5) is 17.1 Å². The summed E-state index contributed by atoms with van der Waals surface area (Å²) in [4.78, 5) is 41.4. The van der Waals surface area contributed by atoms with E-state index in [4.69, 9.17) is 0 Å². The molecule has 0 aromatic heterocycles. The monoisotopic (exact) mass is 881 g/mol. The number of rotatable bonds is 12. The number of amides is 3. The van der Waals surface area contributed by atoms with Crippen LogP contribution >= 0.6 is 0 Å². The highest BCUT2D eigenvalue weighted by molar-refractivity contribution is 6.03. The Labute approximate surface area is 383 Å². The van der Waals surface area contributed by atoms with Crippen LogP contribution in [0, 0.1) is 0 Å². The van der Waals surface area contributed by atoms with E-state index < -0.39 is 17.7 Å². The number of phenols is 3. The summed E-state index contributed by atoms with van der Waals surface area (Å²) in [5.74, 6) is -1.07. The van der Waals surface area contributed by atoms with Gasteiger partial charge in [0.25, 0.3) is 17.7 Å². The van der Waals surface area contributed by atoms with Gasteiger partial charge in [0.1, 0.15) is 17.2 Å². The van der Waals surface area contributed by atoms with Crippen molar-refractivity contribution < 1.29 is 29.7 Å². The molecule has 13 nitrogen and oxygen atoms in total. The summed E-state index contributed by atoms with van der Waals surface area (Å²) < 4.78 is 0. The van der Waals surface area contributed by atoms with E-state index in [1.807, 2.05) is 72.8 Å². The Morgan fingerprint density at radius 3 is 0.925 bits per heavy atom. The van der Waals surface area contributed by atoms with Gasteiger partial charge >= 0.3 is 0 Å². The highest BCUT2D eigenvalue weighted by atomic mass is 16.3. The number of aromatic hydroxyl groups is 3. The summed E-state index contributed by atoms with van der Waals surface area (Å²) >= 11 is 0. The van der Waals surface area contributed by atoms with Crippen LogP contribution < -0.4 is 21.2 Å². The molecule has 0 bridgehead atoms. The van der Waals surface area contributed by atoms with E-state index in [1.54, 1.807) is 91.0 Å². The Kier molecular flexibility index (Phi) is 12.1. The van der Waals surface area contributed by atoms with Crippen LogP contribution in [0.25, 0.3) is 32.3 Å². The molecule has 9 aromatic carbocycles. The number of hydrogen-bond donors (Lipinski definition) is 6. The number of hydrazone groups is 3. The summed E-state index contributed by atoms with van der Waals surface area (Å²) in [6, 6.07) is 54.1. The topological polar surface area (TPSA) is 188 Å². The fraction of sp³-hybridized carbons (Fsp3) is 0. The first kappa shape index (κ1) is 42.7. The second kappa shape index (κ2) is 19.0. The summed E-state index contributed by atoms with van der Waals surface area (Å²) in [6.45, 7) is 0. The number of benzene rings is 9. The molecule has 0 unspecified atom stereocenters. The van der Waals surface area contributed by atoms with Gasteiger partial charge in [-0.1, -0.05) is 72.8 Å². The SMILES string of the molecule is O=C(N/N=C/c1ccccc1O)c1ccc2cc(N(c3ccc4cc(C(=O)N/N=C/c5ccccc5O)ccc4c3)c3ccc4cc(C(=O)N/N=C/c5ccccc5O)ccc4c3)ccc2c1. The zero-order chi connectivity index (χ0) is 46.3. The molecule has 67 heavy (non-hydrogen) atoms. The molecule has 0 saturated carbocycles. The van der Waals surface area contributed by atoms with E-state index in [9.17, 15) is 29.7 Å². The van der Waals surface area contributed by atoms with E-state index in [0.29, 0.717) is 33.4 Å². The van der Waals surface area contributed by atoms with Gasteiger partial charge in [0, 0.05) is 50.4 Å². The third-order valence-corrected chi connectivity index (χ3v) is 11.0. The summed E-state index contributed by atoms with van der Waals surface area (Å²) in [5.41, 5.74) is 12.7. The Hall–Kier alpha value is -9.62. The molecule has 0 fully saturated rings. The van der Waals surface area contributed by atoms with Crippen LogP contribution in [-0.4, -0.2) is 51.7 Å². The number of hydrogen-bond acceptors (Lipinski definition) is 10. The Morgan fingerprint density at radius 2 is 0.627 bits per heavy atom. The van der Waals surface area contributed by atoms with Gasteiger partial charge in [0.05, 0.1) is 18.6 Å². The van der Waals surface area contributed by atoms with Gasteiger partial charge in [0.2, 0.25) is 0 Å². The minimum Gasteiger partial charge on any atom is -0.507 e. The second-order valence-electron chi connectivity index (χ2n) is 15.3. The fourth-order valence-electron chi connectivity index (χ4n) is 7.45. The van der Waals surface area contributed by atoms with E-state index in [2.05, 4.69) is 36.5 Å². The largest absolute Gasteiger partial charge is 0.507 e. The van der Waals surface area contributed by atoms with Crippen molar-refractivity contribution in [3.05, 3.63) is 215 Å².